The first-order chi connectivity index (χ1) is 15.9. The number of aliphatic hydroxyl groups is 1. The van der Waals surface area contributed by atoms with Gasteiger partial charge >= 0.3 is 6.09 Å². The predicted octanol–water partition coefficient (Wildman–Crippen LogP) is 3.94. The summed E-state index contributed by atoms with van der Waals surface area (Å²) in [6, 6.07) is 5.79. The van der Waals surface area contributed by atoms with Crippen LogP contribution in [0.5, 0.6) is 0 Å². The summed E-state index contributed by atoms with van der Waals surface area (Å²) >= 11 is 5.98. The largest absolute Gasteiger partial charge is 0.447 e. The molecular formula is C22H22ClFN6O3. The van der Waals surface area contributed by atoms with Crippen molar-refractivity contribution in [1.82, 2.24) is 19.9 Å². The third-order valence-electron chi connectivity index (χ3n) is 5.28. The van der Waals surface area contributed by atoms with Crippen molar-refractivity contribution in [3.05, 3.63) is 59.3 Å². The minimum atomic E-state index is -0.782. The van der Waals surface area contributed by atoms with Gasteiger partial charge in [-0.2, -0.15) is 4.98 Å². The van der Waals surface area contributed by atoms with Crippen LogP contribution in [0.1, 0.15) is 31.3 Å². The molecule has 2 aromatic heterocycles. The molecular weight excluding hydrogens is 451 g/mol. The molecule has 3 heterocycles. The van der Waals surface area contributed by atoms with Crippen LogP contribution in [-0.4, -0.2) is 49.9 Å². The van der Waals surface area contributed by atoms with Gasteiger partial charge in [-0.15, -0.1) is 0 Å². The van der Waals surface area contributed by atoms with Crippen molar-refractivity contribution in [2.24, 2.45) is 0 Å². The molecule has 1 unspecified atom stereocenters. The molecule has 3 aromatic rings. The van der Waals surface area contributed by atoms with Crippen molar-refractivity contribution in [3.8, 4) is 11.1 Å². The Kier molecular flexibility index (Phi) is 6.66. The van der Waals surface area contributed by atoms with E-state index in [1.54, 1.807) is 43.6 Å². The van der Waals surface area contributed by atoms with Crippen LogP contribution in [0.15, 0.2) is 42.9 Å². The number of ether oxygens (including phenoxy) is 1. The summed E-state index contributed by atoms with van der Waals surface area (Å²) in [4.78, 5) is 30.8. The van der Waals surface area contributed by atoms with Crippen molar-refractivity contribution < 1.29 is 19.0 Å². The number of carbonyl (C=O) groups is 1. The monoisotopic (exact) mass is 472 g/mol. The van der Waals surface area contributed by atoms with E-state index in [2.05, 4.69) is 25.3 Å². The van der Waals surface area contributed by atoms with Crippen molar-refractivity contribution in [1.29, 1.82) is 0 Å². The third kappa shape index (κ3) is 4.86. The van der Waals surface area contributed by atoms with Crippen molar-refractivity contribution >= 4 is 29.5 Å². The van der Waals surface area contributed by atoms with Crippen LogP contribution < -0.4 is 10.2 Å². The molecule has 33 heavy (non-hydrogen) atoms. The van der Waals surface area contributed by atoms with Crippen LogP contribution in [-0.2, 0) is 11.4 Å². The zero-order chi connectivity index (χ0) is 23.5. The van der Waals surface area contributed by atoms with Crippen molar-refractivity contribution in [2.45, 2.75) is 38.7 Å². The highest BCUT2D eigenvalue weighted by Gasteiger charge is 2.38. The molecule has 3 atom stereocenters. The minimum Gasteiger partial charge on any atom is -0.447 e. The van der Waals surface area contributed by atoms with E-state index in [4.69, 9.17) is 16.3 Å². The van der Waals surface area contributed by atoms with Crippen LogP contribution >= 0.6 is 11.6 Å². The second-order valence-electron chi connectivity index (χ2n) is 7.63. The number of hydrogen-bond acceptors (Lipinski definition) is 8. The topological polar surface area (TPSA) is 113 Å². The molecule has 2 N–H and O–H groups in total. The molecule has 0 radical (unpaired) electrons. The quantitative estimate of drug-likeness (QED) is 0.531. The highest BCUT2D eigenvalue weighted by Crippen LogP contribution is 2.27. The zero-order valence-electron chi connectivity index (χ0n) is 17.9. The summed E-state index contributed by atoms with van der Waals surface area (Å²) in [5.41, 5.74) is 1.90. The number of nitrogens with zero attached hydrogens (tertiary/aromatic N) is 5. The predicted molar refractivity (Wildman–Crippen MR) is 121 cm³/mol. The lowest BCUT2D eigenvalue weighted by atomic mass is 10.1. The highest BCUT2D eigenvalue weighted by atomic mass is 35.5. The van der Waals surface area contributed by atoms with Gasteiger partial charge in [0.2, 0.25) is 5.95 Å². The summed E-state index contributed by atoms with van der Waals surface area (Å²) < 4.78 is 18.1. The van der Waals surface area contributed by atoms with Gasteiger partial charge in [-0.05, 0) is 37.6 Å². The van der Waals surface area contributed by atoms with E-state index in [9.17, 15) is 14.3 Å². The normalized spacial score (nSPS) is 17.5. The average molecular weight is 473 g/mol. The fourth-order valence-corrected chi connectivity index (χ4v) is 3.60. The van der Waals surface area contributed by atoms with Crippen LogP contribution in [0.25, 0.3) is 11.1 Å². The maximum Gasteiger partial charge on any atom is 0.416 e. The number of hydrogen-bond donors (Lipinski definition) is 2. The number of benzene rings is 1. The number of alkyl halides is 1. The number of rotatable bonds is 7. The first-order valence-corrected chi connectivity index (χ1v) is 10.7. The van der Waals surface area contributed by atoms with Crippen LogP contribution in [0.3, 0.4) is 0 Å². The molecule has 1 aromatic carbocycles. The highest BCUT2D eigenvalue weighted by molar-refractivity contribution is 6.31. The Labute approximate surface area is 194 Å². The zero-order valence-corrected chi connectivity index (χ0v) is 18.7. The summed E-state index contributed by atoms with van der Waals surface area (Å²) in [7, 11) is 0. The maximum absolute atomic E-state index is 13.1. The molecule has 0 saturated carbocycles. The Bertz CT molecular complexity index is 1150. The second-order valence-corrected chi connectivity index (χ2v) is 8.04. The Balaban J connectivity index is 1.49. The molecule has 0 aliphatic carbocycles. The SMILES string of the molecule is CC(Nc1nccc(N2C(=O)OC[C@@H]2[C@@H](C)O)n1)c1ncc(-c2ccc(Cl)c(CF)c2)cn1. The van der Waals surface area contributed by atoms with Crippen LogP contribution in [0.4, 0.5) is 21.0 Å². The van der Waals surface area contributed by atoms with Gasteiger partial charge in [0, 0.05) is 34.7 Å². The lowest BCUT2D eigenvalue weighted by Gasteiger charge is -2.23. The standard InChI is InChI=1S/C22H22ClFN6O3/c1-12(20-26-9-16(10-27-20)14-3-4-17(23)15(7-14)8-24)28-21-25-6-5-19(29-21)30-18(13(2)31)11-33-22(30)32/h3-7,9-10,12-13,18,31H,8,11H2,1-2H3,(H,25,28,29)/t12?,13-,18-/m1/s1. The molecule has 0 spiro atoms. The Morgan fingerprint density at radius 3 is 2.70 bits per heavy atom. The lowest BCUT2D eigenvalue weighted by Crippen LogP contribution is -2.41. The second kappa shape index (κ2) is 9.63. The van der Waals surface area contributed by atoms with Gasteiger partial charge in [0.1, 0.15) is 31.0 Å². The number of nitrogens with one attached hydrogen (secondary N) is 1. The number of amides is 1. The maximum atomic E-state index is 13.1. The molecule has 11 heteroatoms. The number of aliphatic hydroxyl groups excluding tert-OH is 1. The third-order valence-corrected chi connectivity index (χ3v) is 5.65. The molecule has 1 saturated heterocycles. The fraction of sp³-hybridized carbons (Fsp3) is 0.318. The first-order valence-electron chi connectivity index (χ1n) is 10.3. The van der Waals surface area contributed by atoms with Crippen molar-refractivity contribution in [3.63, 3.8) is 0 Å². The summed E-state index contributed by atoms with van der Waals surface area (Å²) in [6.45, 7) is 2.86. The molecule has 1 aliphatic rings. The summed E-state index contributed by atoms with van der Waals surface area (Å²) in [6.07, 6.45) is 3.45. The number of anilines is 2. The molecule has 1 aliphatic heterocycles. The van der Waals surface area contributed by atoms with Gasteiger partial charge in [0.05, 0.1) is 12.1 Å². The van der Waals surface area contributed by atoms with Gasteiger partial charge in [-0.25, -0.2) is 24.1 Å². The smallest absolute Gasteiger partial charge is 0.416 e. The molecule has 0 bridgehead atoms. The summed E-state index contributed by atoms with van der Waals surface area (Å²) in [5, 5.41) is 13.4. The van der Waals surface area contributed by atoms with Gasteiger partial charge in [0.25, 0.3) is 0 Å². The number of aromatic nitrogens is 4. The van der Waals surface area contributed by atoms with Crippen LogP contribution in [0, 0.1) is 0 Å². The summed E-state index contributed by atoms with van der Waals surface area (Å²) in [5.74, 6) is 1.08. The Hall–Kier alpha value is -3.37. The Morgan fingerprint density at radius 2 is 2.00 bits per heavy atom. The van der Waals surface area contributed by atoms with Gasteiger partial charge in [-0.1, -0.05) is 17.7 Å². The van der Waals surface area contributed by atoms with Gasteiger partial charge in [0.15, 0.2) is 0 Å². The van der Waals surface area contributed by atoms with E-state index in [-0.39, 0.29) is 18.6 Å². The lowest BCUT2D eigenvalue weighted by molar-refractivity contribution is 0.142. The van der Waals surface area contributed by atoms with Crippen LogP contribution in [0.2, 0.25) is 5.02 Å². The van der Waals surface area contributed by atoms with E-state index < -0.39 is 24.9 Å². The van der Waals surface area contributed by atoms with E-state index in [1.807, 2.05) is 6.92 Å². The van der Waals surface area contributed by atoms with E-state index >= 15 is 0 Å². The molecule has 172 valence electrons. The number of halogens is 2. The van der Waals surface area contributed by atoms with E-state index in [1.165, 1.54) is 11.1 Å². The number of cyclic esters (lactones) is 1. The average Bonchev–Trinajstić information content (AvgIpc) is 3.21. The number of carbonyl (C=O) groups excluding carboxylic acids is 1. The Morgan fingerprint density at radius 1 is 1.24 bits per heavy atom. The van der Waals surface area contributed by atoms with E-state index in [0.717, 1.165) is 11.1 Å². The molecule has 1 amide bonds. The van der Waals surface area contributed by atoms with Gasteiger partial charge < -0.3 is 15.2 Å². The van der Waals surface area contributed by atoms with Crippen molar-refractivity contribution in [2.75, 3.05) is 16.8 Å². The molecule has 9 nitrogen and oxygen atoms in total. The minimum absolute atomic E-state index is 0.0836. The molecule has 1 fully saturated rings. The van der Waals surface area contributed by atoms with E-state index in [0.29, 0.717) is 22.2 Å². The molecule has 4 rings (SSSR count). The van der Waals surface area contributed by atoms with Gasteiger partial charge in [-0.3, -0.25) is 4.90 Å². The first kappa shape index (κ1) is 22.8. The fourth-order valence-electron chi connectivity index (χ4n) is 3.43.